The van der Waals surface area contributed by atoms with Crippen LogP contribution >= 0.6 is 0 Å². The van der Waals surface area contributed by atoms with E-state index >= 15 is 0 Å². The third-order valence-corrected chi connectivity index (χ3v) is 2.40. The molecule has 0 aliphatic carbocycles. The quantitative estimate of drug-likeness (QED) is 0.548. The van der Waals surface area contributed by atoms with Crippen LogP contribution in [0.25, 0.3) is 0 Å². The van der Waals surface area contributed by atoms with Crippen LogP contribution in [0, 0.1) is 17.3 Å². The summed E-state index contributed by atoms with van der Waals surface area (Å²) in [4.78, 5) is 21.3. The van der Waals surface area contributed by atoms with Gasteiger partial charge in [0.25, 0.3) is 0 Å². The van der Waals surface area contributed by atoms with Crippen molar-refractivity contribution in [1.82, 2.24) is 0 Å². The molecule has 2 N–H and O–H groups in total. The van der Waals surface area contributed by atoms with Crippen LogP contribution in [0.1, 0.15) is 27.7 Å². The standard InChI is InChI=1S/C9H16O4.Ca.2H/c1-5(9(2,3)4)6(7(10)11)8(12)13;;;/h5-6H,1-4H3,(H,10,11)(H,12,13);;;. The molecule has 0 aliphatic rings. The van der Waals surface area contributed by atoms with Gasteiger partial charge in [-0.1, -0.05) is 27.7 Å². The molecule has 0 saturated heterocycles. The zero-order valence-corrected chi connectivity index (χ0v) is 8.37. The molecule has 14 heavy (non-hydrogen) atoms. The molecular formula is C9H18CaO4. The van der Waals surface area contributed by atoms with Gasteiger partial charge in [0.1, 0.15) is 0 Å². The monoisotopic (exact) mass is 230 g/mol. The SMILES string of the molecule is CC(C(C(=O)O)C(=O)O)C(C)(C)C.[CaH2]. The molecule has 0 aliphatic heterocycles. The fraction of sp³-hybridized carbons (Fsp3) is 0.778. The van der Waals surface area contributed by atoms with Crippen molar-refractivity contribution < 1.29 is 19.8 Å². The van der Waals surface area contributed by atoms with Crippen molar-refractivity contribution in [2.45, 2.75) is 27.7 Å². The normalized spacial score (nSPS) is 13.2. The molecule has 0 radical (unpaired) electrons. The Balaban J connectivity index is 0. The van der Waals surface area contributed by atoms with E-state index in [9.17, 15) is 9.59 Å². The molecule has 0 fully saturated rings. The van der Waals surface area contributed by atoms with E-state index in [-0.39, 0.29) is 43.2 Å². The van der Waals surface area contributed by atoms with Gasteiger partial charge in [0.05, 0.1) is 0 Å². The second-order valence-corrected chi connectivity index (χ2v) is 4.31. The van der Waals surface area contributed by atoms with E-state index in [1.165, 1.54) is 0 Å². The zero-order chi connectivity index (χ0) is 10.8. The van der Waals surface area contributed by atoms with E-state index in [4.69, 9.17) is 10.2 Å². The van der Waals surface area contributed by atoms with Crippen LogP contribution in [0.15, 0.2) is 0 Å². The van der Waals surface area contributed by atoms with E-state index in [0.29, 0.717) is 0 Å². The molecule has 0 aromatic heterocycles. The summed E-state index contributed by atoms with van der Waals surface area (Å²) in [6, 6.07) is 0. The van der Waals surface area contributed by atoms with E-state index < -0.39 is 23.8 Å². The van der Waals surface area contributed by atoms with Gasteiger partial charge in [0.2, 0.25) is 0 Å². The summed E-state index contributed by atoms with van der Waals surface area (Å²) in [5, 5.41) is 17.4. The number of carboxylic acid groups (broad SMARTS) is 2. The molecule has 5 heteroatoms. The molecule has 0 bridgehead atoms. The minimum atomic E-state index is -1.32. The predicted molar refractivity (Wildman–Crippen MR) is 55.9 cm³/mol. The molecule has 80 valence electrons. The molecule has 0 aromatic carbocycles. The summed E-state index contributed by atoms with van der Waals surface area (Å²) >= 11 is 0. The first kappa shape index (κ1) is 16.6. The van der Waals surface area contributed by atoms with Gasteiger partial charge in [0.15, 0.2) is 5.92 Å². The Labute approximate surface area is 114 Å². The Morgan fingerprint density at radius 2 is 1.36 bits per heavy atom. The van der Waals surface area contributed by atoms with Crippen molar-refractivity contribution in [2.75, 3.05) is 0 Å². The number of hydrogen-bond donors (Lipinski definition) is 2. The number of aliphatic carboxylic acids is 2. The third-order valence-electron chi connectivity index (χ3n) is 2.40. The van der Waals surface area contributed by atoms with Gasteiger partial charge in [-0.15, -0.1) is 0 Å². The number of hydrogen-bond acceptors (Lipinski definition) is 2. The van der Waals surface area contributed by atoms with Gasteiger partial charge in [-0.2, -0.15) is 0 Å². The van der Waals surface area contributed by atoms with Gasteiger partial charge in [-0.25, -0.2) is 0 Å². The summed E-state index contributed by atoms with van der Waals surface area (Å²) in [6.45, 7) is 7.14. The average molecular weight is 230 g/mol. The summed E-state index contributed by atoms with van der Waals surface area (Å²) in [5.74, 6) is -4.26. The van der Waals surface area contributed by atoms with Crippen molar-refractivity contribution in [3.63, 3.8) is 0 Å². The Kier molecular flexibility index (Phi) is 7.04. The zero-order valence-electron chi connectivity index (χ0n) is 8.37. The second kappa shape index (κ2) is 5.93. The summed E-state index contributed by atoms with van der Waals surface area (Å²) < 4.78 is 0. The second-order valence-electron chi connectivity index (χ2n) is 4.31. The van der Waals surface area contributed by atoms with E-state index in [1.807, 2.05) is 20.8 Å². The topological polar surface area (TPSA) is 74.6 Å². The summed E-state index contributed by atoms with van der Waals surface area (Å²) in [5.41, 5.74) is -0.318. The molecule has 0 spiro atoms. The fourth-order valence-electron chi connectivity index (χ4n) is 1.03. The van der Waals surface area contributed by atoms with Gasteiger partial charge < -0.3 is 10.2 Å². The van der Waals surface area contributed by atoms with Gasteiger partial charge in [-0.3, -0.25) is 9.59 Å². The number of carbonyl (C=O) groups is 2. The van der Waals surface area contributed by atoms with Crippen LogP contribution in [0.2, 0.25) is 0 Å². The molecule has 0 heterocycles. The van der Waals surface area contributed by atoms with Gasteiger partial charge >= 0.3 is 49.7 Å². The van der Waals surface area contributed by atoms with Crippen LogP contribution < -0.4 is 0 Å². The van der Waals surface area contributed by atoms with E-state index in [1.54, 1.807) is 6.92 Å². The Bertz CT molecular complexity index is 205. The van der Waals surface area contributed by atoms with Crippen molar-refractivity contribution in [2.24, 2.45) is 17.3 Å². The Hall–Kier alpha value is 0.200. The minimum absolute atomic E-state index is 0. The third kappa shape index (κ3) is 4.62. The Morgan fingerprint density at radius 3 is 1.43 bits per heavy atom. The van der Waals surface area contributed by atoms with Crippen molar-refractivity contribution in [1.29, 1.82) is 0 Å². The maximum absolute atomic E-state index is 10.6. The van der Waals surface area contributed by atoms with Crippen molar-refractivity contribution in [3.8, 4) is 0 Å². The van der Waals surface area contributed by atoms with E-state index in [2.05, 4.69) is 0 Å². The molecule has 1 unspecified atom stereocenters. The van der Waals surface area contributed by atoms with Gasteiger partial charge in [-0.05, 0) is 11.3 Å². The molecule has 0 amide bonds. The van der Waals surface area contributed by atoms with Gasteiger partial charge in [0, 0.05) is 0 Å². The molecule has 0 saturated carbocycles. The van der Waals surface area contributed by atoms with Crippen LogP contribution in [0.3, 0.4) is 0 Å². The van der Waals surface area contributed by atoms with Crippen LogP contribution in [-0.4, -0.2) is 59.9 Å². The Morgan fingerprint density at radius 1 is 1.07 bits per heavy atom. The maximum atomic E-state index is 10.6. The van der Waals surface area contributed by atoms with Crippen LogP contribution in [-0.2, 0) is 9.59 Å². The van der Waals surface area contributed by atoms with Crippen LogP contribution in [0.4, 0.5) is 0 Å². The molecule has 0 rings (SSSR count). The molecule has 1 atom stereocenters. The molecule has 0 aromatic rings. The fourth-order valence-corrected chi connectivity index (χ4v) is 1.03. The first-order chi connectivity index (χ1) is 5.68. The summed E-state index contributed by atoms with van der Waals surface area (Å²) in [7, 11) is 0. The molecular weight excluding hydrogens is 212 g/mol. The first-order valence-electron chi connectivity index (χ1n) is 4.13. The average Bonchev–Trinajstić information content (AvgIpc) is 1.82. The number of rotatable bonds is 3. The van der Waals surface area contributed by atoms with Crippen LogP contribution in [0.5, 0.6) is 0 Å². The van der Waals surface area contributed by atoms with Crippen molar-refractivity contribution >= 4 is 49.7 Å². The number of carboxylic acids is 2. The van der Waals surface area contributed by atoms with E-state index in [0.717, 1.165) is 0 Å². The molecule has 4 nitrogen and oxygen atoms in total. The first-order valence-corrected chi connectivity index (χ1v) is 4.13. The summed E-state index contributed by atoms with van der Waals surface area (Å²) in [6.07, 6.45) is 0. The van der Waals surface area contributed by atoms with Crippen molar-refractivity contribution in [3.05, 3.63) is 0 Å². The predicted octanol–water partition coefficient (Wildman–Crippen LogP) is 0.538.